The average Bonchev–Trinajstić information content (AvgIpc) is 3.55. The van der Waals surface area contributed by atoms with Crippen molar-refractivity contribution in [1.82, 2.24) is 0 Å². The van der Waals surface area contributed by atoms with Gasteiger partial charge < -0.3 is 0 Å². The molecule has 0 spiro atoms. The molecule has 6 aromatic carbocycles. The van der Waals surface area contributed by atoms with Crippen molar-refractivity contribution in [3.8, 4) is 0 Å². The maximum absolute atomic E-state index is 2.51. The molecule has 38 heavy (non-hydrogen) atoms. The lowest BCUT2D eigenvalue weighted by atomic mass is 9.78. The number of hydrogen-bond donors (Lipinski definition) is 0. The van der Waals surface area contributed by atoms with Crippen LogP contribution in [0.3, 0.4) is 0 Å². The summed E-state index contributed by atoms with van der Waals surface area (Å²) in [5.74, 6) is 0. The fraction of sp³-hybridized carbons (Fsp3) is 0.222. The summed E-state index contributed by atoms with van der Waals surface area (Å²) in [5, 5.41) is 21.3. The quantitative estimate of drug-likeness (QED) is 0.136. The van der Waals surface area contributed by atoms with E-state index in [0.29, 0.717) is 0 Å². The van der Waals surface area contributed by atoms with Crippen LogP contribution in [0.5, 0.6) is 0 Å². The molecule has 2 heterocycles. The largest absolute Gasteiger partial charge is 0.144 e. The molecule has 0 saturated carbocycles. The molecule has 0 aliphatic rings. The first kappa shape index (κ1) is 22.8. The van der Waals surface area contributed by atoms with Crippen LogP contribution in [0.2, 0.25) is 0 Å². The maximum atomic E-state index is 2.51. The highest BCUT2D eigenvalue weighted by Crippen LogP contribution is 2.50. The summed E-state index contributed by atoms with van der Waals surface area (Å²) in [6.07, 6.45) is 0. The van der Waals surface area contributed by atoms with Gasteiger partial charge in [0.2, 0.25) is 0 Å². The Morgan fingerprint density at radius 3 is 1.66 bits per heavy atom. The molecular weight excluding hydrogens is 497 g/mol. The lowest BCUT2D eigenvalue weighted by Crippen LogP contribution is -2.12. The Bertz CT molecular complexity index is 2080. The van der Waals surface area contributed by atoms with E-state index in [1.165, 1.54) is 85.2 Å². The fourth-order valence-corrected chi connectivity index (χ4v) is 8.35. The molecule has 0 aliphatic carbocycles. The van der Waals surface area contributed by atoms with E-state index in [9.17, 15) is 0 Å². The van der Waals surface area contributed by atoms with Crippen molar-refractivity contribution in [2.75, 3.05) is 0 Å². The maximum Gasteiger partial charge on any atom is 0.0427 e. The third kappa shape index (κ3) is 2.91. The van der Waals surface area contributed by atoms with Crippen molar-refractivity contribution >= 4 is 96.7 Å². The van der Waals surface area contributed by atoms with Crippen LogP contribution in [0.25, 0.3) is 74.0 Å². The second-order valence-corrected chi connectivity index (χ2v) is 14.9. The summed E-state index contributed by atoms with van der Waals surface area (Å²) >= 11 is 3.73. The molecule has 2 aromatic heterocycles. The monoisotopic (exact) mass is 526 g/mol. The Labute approximate surface area is 230 Å². The van der Waals surface area contributed by atoms with Gasteiger partial charge in [-0.05, 0) is 129 Å². The second kappa shape index (κ2) is 7.25. The zero-order valence-electron chi connectivity index (χ0n) is 22.7. The topological polar surface area (TPSA) is 0 Å². The molecule has 8 aromatic rings. The van der Waals surface area contributed by atoms with Gasteiger partial charge in [-0.2, -0.15) is 0 Å². The lowest BCUT2D eigenvalue weighted by Gasteiger charge is -2.26. The Kier molecular flexibility index (Phi) is 4.34. The Morgan fingerprint density at radius 1 is 0.447 bits per heavy atom. The molecule has 0 atom stereocenters. The van der Waals surface area contributed by atoms with Gasteiger partial charge in [0.05, 0.1) is 0 Å². The predicted octanol–water partition coefficient (Wildman–Crippen LogP) is 11.9. The summed E-state index contributed by atoms with van der Waals surface area (Å²) in [6.45, 7) is 14.1. The van der Waals surface area contributed by atoms with Crippen molar-refractivity contribution in [2.45, 2.75) is 52.4 Å². The molecule has 0 bridgehead atoms. The van der Waals surface area contributed by atoms with Crippen LogP contribution < -0.4 is 0 Å². The second-order valence-electron chi connectivity index (χ2n) is 13.0. The van der Waals surface area contributed by atoms with E-state index in [1.807, 2.05) is 22.7 Å². The van der Waals surface area contributed by atoms with E-state index in [1.54, 1.807) is 0 Å². The highest BCUT2D eigenvalue weighted by Gasteiger charge is 2.25. The first-order valence-electron chi connectivity index (χ1n) is 13.5. The zero-order valence-corrected chi connectivity index (χ0v) is 24.4. The smallest absolute Gasteiger partial charge is 0.0427 e. The Hall–Kier alpha value is -3.20. The number of hydrogen-bond acceptors (Lipinski definition) is 2. The van der Waals surface area contributed by atoms with Gasteiger partial charge in [0.25, 0.3) is 0 Å². The van der Waals surface area contributed by atoms with E-state index in [4.69, 9.17) is 0 Å². The van der Waals surface area contributed by atoms with E-state index >= 15 is 0 Å². The first-order valence-corrected chi connectivity index (χ1v) is 15.3. The molecule has 0 fully saturated rings. The van der Waals surface area contributed by atoms with Crippen molar-refractivity contribution in [2.24, 2.45) is 0 Å². The van der Waals surface area contributed by atoms with Gasteiger partial charge in [-0.15, -0.1) is 22.7 Å². The first-order chi connectivity index (χ1) is 18.1. The summed E-state index contributed by atoms with van der Waals surface area (Å²) in [6, 6.07) is 24.1. The van der Waals surface area contributed by atoms with Gasteiger partial charge in [-0.25, -0.2) is 0 Å². The van der Waals surface area contributed by atoms with Crippen LogP contribution in [0.15, 0.2) is 71.4 Å². The third-order valence-electron chi connectivity index (χ3n) is 8.63. The van der Waals surface area contributed by atoms with Crippen LogP contribution in [0.4, 0.5) is 0 Å². The molecule has 0 unspecified atom stereocenters. The van der Waals surface area contributed by atoms with Crippen molar-refractivity contribution in [3.05, 3.63) is 82.6 Å². The zero-order chi connectivity index (χ0) is 26.1. The van der Waals surface area contributed by atoms with E-state index in [2.05, 4.69) is 113 Å². The van der Waals surface area contributed by atoms with Crippen LogP contribution in [0, 0.1) is 0 Å². The minimum absolute atomic E-state index is 0.0536. The summed E-state index contributed by atoms with van der Waals surface area (Å²) in [5.41, 5.74) is 2.91. The average molecular weight is 527 g/mol. The standard InChI is InChI=1S/C36H30S2/c1-35(2,3)20-16-26-23-8-7-19-11-13-38-34(19)33(23)28-18-21(36(4,5)6)15-25-22-9-10-29-24(12-14-37-29)30(22)27(17-20)31(26)32(25)28/h7-18H,1-6H3. The Morgan fingerprint density at radius 2 is 1.00 bits per heavy atom. The normalized spacial score (nSPS) is 13.5. The van der Waals surface area contributed by atoms with Gasteiger partial charge in [0.15, 0.2) is 0 Å². The molecule has 2 heteroatoms. The third-order valence-corrected chi connectivity index (χ3v) is 10.5. The molecule has 0 saturated heterocycles. The highest BCUT2D eigenvalue weighted by atomic mass is 32.1. The summed E-state index contributed by atoms with van der Waals surface area (Å²) in [7, 11) is 0. The van der Waals surface area contributed by atoms with Crippen LogP contribution >= 0.6 is 22.7 Å². The fourth-order valence-electron chi connectivity index (χ4n) is 6.59. The minimum atomic E-state index is 0.0536. The molecule has 0 nitrogen and oxygen atoms in total. The van der Waals surface area contributed by atoms with Crippen LogP contribution in [-0.4, -0.2) is 0 Å². The highest BCUT2D eigenvalue weighted by molar-refractivity contribution is 7.18. The predicted molar refractivity (Wildman–Crippen MR) is 173 cm³/mol. The number of fused-ring (bicyclic) bond motifs is 10. The minimum Gasteiger partial charge on any atom is -0.144 e. The van der Waals surface area contributed by atoms with Gasteiger partial charge in [-0.3, -0.25) is 0 Å². The van der Waals surface area contributed by atoms with E-state index in [0.717, 1.165) is 0 Å². The van der Waals surface area contributed by atoms with E-state index < -0.39 is 0 Å². The molecule has 8 rings (SSSR count). The van der Waals surface area contributed by atoms with Crippen molar-refractivity contribution in [3.63, 3.8) is 0 Å². The SMILES string of the molecule is CC(C)(C)c1cc2c3ccc4ccsc4c3c3cc(C(C)(C)C)cc4c5ccc6sccc6c5c(c1)c2c43. The van der Waals surface area contributed by atoms with Crippen LogP contribution in [0.1, 0.15) is 52.7 Å². The molecule has 186 valence electrons. The number of benzene rings is 6. The van der Waals surface area contributed by atoms with E-state index in [-0.39, 0.29) is 10.8 Å². The van der Waals surface area contributed by atoms with Crippen molar-refractivity contribution in [1.29, 1.82) is 0 Å². The van der Waals surface area contributed by atoms with Gasteiger partial charge in [0.1, 0.15) is 0 Å². The van der Waals surface area contributed by atoms with Gasteiger partial charge in [-0.1, -0.05) is 59.7 Å². The molecule has 0 aliphatic heterocycles. The van der Waals surface area contributed by atoms with Gasteiger partial charge in [0, 0.05) is 20.2 Å². The molecule has 0 radical (unpaired) electrons. The van der Waals surface area contributed by atoms with Crippen molar-refractivity contribution < 1.29 is 0 Å². The molecule has 0 amide bonds. The van der Waals surface area contributed by atoms with Gasteiger partial charge >= 0.3 is 0 Å². The number of thiophene rings is 2. The summed E-state index contributed by atoms with van der Waals surface area (Å²) in [4.78, 5) is 0. The molecule has 0 N–H and O–H groups in total. The van der Waals surface area contributed by atoms with Crippen LogP contribution in [-0.2, 0) is 10.8 Å². The Balaban J connectivity index is 1.81. The molecular formula is C36H30S2. The lowest BCUT2D eigenvalue weighted by molar-refractivity contribution is 0.591. The summed E-state index contributed by atoms with van der Waals surface area (Å²) < 4.78 is 2.77. The number of rotatable bonds is 0.